The van der Waals surface area contributed by atoms with Gasteiger partial charge in [-0.25, -0.2) is 4.98 Å². The summed E-state index contributed by atoms with van der Waals surface area (Å²) in [5.41, 5.74) is 4.44. The topological polar surface area (TPSA) is 45.5 Å². The summed E-state index contributed by atoms with van der Waals surface area (Å²) in [7, 11) is 0. The second-order valence-electron chi connectivity index (χ2n) is 5.60. The van der Waals surface area contributed by atoms with Gasteiger partial charge < -0.3 is 9.72 Å². The number of pyridine rings is 2. The van der Waals surface area contributed by atoms with Gasteiger partial charge in [0.15, 0.2) is 0 Å². The molecule has 112 valence electrons. The van der Waals surface area contributed by atoms with Crippen LogP contribution >= 0.6 is 0 Å². The van der Waals surface area contributed by atoms with E-state index < -0.39 is 0 Å². The second-order valence-corrected chi connectivity index (χ2v) is 5.60. The molecule has 4 heterocycles. The highest BCUT2D eigenvalue weighted by atomic mass is 15.2. The summed E-state index contributed by atoms with van der Waals surface area (Å²) in [6.07, 6.45) is 5.76. The van der Waals surface area contributed by atoms with Crippen molar-refractivity contribution in [2.45, 2.75) is 6.54 Å². The number of fused-ring (bicyclic) bond motifs is 1. The van der Waals surface area contributed by atoms with Crippen LogP contribution in [0.4, 0.5) is 0 Å². The fraction of sp³-hybridized carbons (Fsp3) is 0.294. The van der Waals surface area contributed by atoms with Gasteiger partial charge in [-0.2, -0.15) is 0 Å². The van der Waals surface area contributed by atoms with Crippen molar-refractivity contribution < 1.29 is 0 Å². The summed E-state index contributed by atoms with van der Waals surface area (Å²) in [6, 6.07) is 10.2. The van der Waals surface area contributed by atoms with Gasteiger partial charge in [-0.15, -0.1) is 0 Å². The van der Waals surface area contributed by atoms with Crippen molar-refractivity contribution in [3.05, 3.63) is 54.6 Å². The molecule has 5 nitrogen and oxygen atoms in total. The summed E-state index contributed by atoms with van der Waals surface area (Å²) in [6.45, 7) is 5.19. The third-order valence-electron chi connectivity index (χ3n) is 4.17. The molecule has 1 aliphatic heterocycles. The molecule has 1 N–H and O–H groups in total. The predicted octanol–water partition coefficient (Wildman–Crippen LogP) is 1.80. The molecule has 0 unspecified atom stereocenters. The molecule has 0 spiro atoms. The number of hydrogen-bond donors (Lipinski definition) is 1. The zero-order chi connectivity index (χ0) is 14.8. The lowest BCUT2D eigenvalue weighted by Crippen LogP contribution is -2.43. The number of imidazole rings is 1. The SMILES string of the molecule is c1ccn2c(CN3CCNCC3)c(-c3ccncc3)nc2c1. The Morgan fingerprint density at radius 1 is 1.05 bits per heavy atom. The maximum absolute atomic E-state index is 4.84. The van der Waals surface area contributed by atoms with Crippen LogP contribution in [0.3, 0.4) is 0 Å². The van der Waals surface area contributed by atoms with Gasteiger partial charge in [0.05, 0.1) is 11.4 Å². The fourth-order valence-corrected chi connectivity index (χ4v) is 3.02. The summed E-state index contributed by atoms with van der Waals surface area (Å²) in [5, 5.41) is 3.41. The molecule has 0 bridgehead atoms. The largest absolute Gasteiger partial charge is 0.314 e. The van der Waals surface area contributed by atoms with Crippen LogP contribution in [-0.2, 0) is 6.54 Å². The van der Waals surface area contributed by atoms with E-state index >= 15 is 0 Å². The fourth-order valence-electron chi connectivity index (χ4n) is 3.02. The molecule has 0 radical (unpaired) electrons. The second kappa shape index (κ2) is 5.87. The van der Waals surface area contributed by atoms with E-state index in [4.69, 9.17) is 4.98 Å². The summed E-state index contributed by atoms with van der Waals surface area (Å²) in [4.78, 5) is 11.4. The van der Waals surface area contributed by atoms with Crippen molar-refractivity contribution in [1.29, 1.82) is 0 Å². The maximum Gasteiger partial charge on any atom is 0.137 e. The van der Waals surface area contributed by atoms with E-state index in [-0.39, 0.29) is 0 Å². The first-order valence-corrected chi connectivity index (χ1v) is 7.71. The number of rotatable bonds is 3. The molecule has 1 saturated heterocycles. The molecule has 0 atom stereocenters. The van der Waals surface area contributed by atoms with Crippen LogP contribution in [0.1, 0.15) is 5.69 Å². The lowest BCUT2D eigenvalue weighted by atomic mass is 10.1. The lowest BCUT2D eigenvalue weighted by Gasteiger charge is -2.27. The molecular weight excluding hydrogens is 274 g/mol. The minimum absolute atomic E-state index is 0.921. The number of nitrogens with one attached hydrogen (secondary N) is 1. The highest BCUT2D eigenvalue weighted by Crippen LogP contribution is 2.25. The zero-order valence-corrected chi connectivity index (χ0v) is 12.4. The van der Waals surface area contributed by atoms with Crippen molar-refractivity contribution in [2.24, 2.45) is 0 Å². The van der Waals surface area contributed by atoms with E-state index in [1.807, 2.05) is 30.6 Å². The molecule has 4 rings (SSSR count). The van der Waals surface area contributed by atoms with Crippen molar-refractivity contribution >= 4 is 5.65 Å². The molecule has 5 heteroatoms. The first kappa shape index (κ1) is 13.4. The third-order valence-corrected chi connectivity index (χ3v) is 4.17. The molecule has 0 amide bonds. The van der Waals surface area contributed by atoms with Crippen LogP contribution in [0, 0.1) is 0 Å². The lowest BCUT2D eigenvalue weighted by molar-refractivity contribution is 0.230. The Labute approximate surface area is 129 Å². The minimum atomic E-state index is 0.921. The van der Waals surface area contributed by atoms with Gasteiger partial charge in [0, 0.05) is 56.9 Å². The van der Waals surface area contributed by atoms with Crippen LogP contribution in [0.25, 0.3) is 16.9 Å². The van der Waals surface area contributed by atoms with Crippen molar-refractivity contribution in [3.63, 3.8) is 0 Å². The van der Waals surface area contributed by atoms with Crippen LogP contribution in [-0.4, -0.2) is 45.4 Å². The van der Waals surface area contributed by atoms with Crippen molar-refractivity contribution in [2.75, 3.05) is 26.2 Å². The first-order valence-electron chi connectivity index (χ1n) is 7.71. The average Bonchev–Trinajstić information content (AvgIpc) is 2.95. The Morgan fingerprint density at radius 2 is 1.86 bits per heavy atom. The normalized spacial score (nSPS) is 16.2. The number of piperazine rings is 1. The van der Waals surface area contributed by atoms with Crippen molar-refractivity contribution in [1.82, 2.24) is 24.6 Å². The molecule has 0 saturated carbocycles. The monoisotopic (exact) mass is 293 g/mol. The van der Waals surface area contributed by atoms with Crippen LogP contribution < -0.4 is 5.32 Å². The van der Waals surface area contributed by atoms with Gasteiger partial charge in [0.2, 0.25) is 0 Å². The molecular formula is C17H19N5. The number of hydrogen-bond acceptors (Lipinski definition) is 4. The third kappa shape index (κ3) is 2.49. The average molecular weight is 293 g/mol. The Morgan fingerprint density at radius 3 is 2.68 bits per heavy atom. The summed E-state index contributed by atoms with van der Waals surface area (Å²) < 4.78 is 2.21. The van der Waals surface area contributed by atoms with Gasteiger partial charge in [-0.1, -0.05) is 6.07 Å². The van der Waals surface area contributed by atoms with Gasteiger partial charge in [0.1, 0.15) is 5.65 Å². The smallest absolute Gasteiger partial charge is 0.137 e. The summed E-state index contributed by atoms with van der Waals surface area (Å²) >= 11 is 0. The zero-order valence-electron chi connectivity index (χ0n) is 12.4. The van der Waals surface area contributed by atoms with E-state index in [9.17, 15) is 0 Å². The highest BCUT2D eigenvalue weighted by Gasteiger charge is 2.18. The molecule has 22 heavy (non-hydrogen) atoms. The standard InChI is InChI=1S/C17H19N5/c1-2-10-22-15(13-21-11-8-19-9-12-21)17(20-16(22)3-1)14-4-6-18-7-5-14/h1-7,10,19H,8-9,11-13H2. The van der Waals surface area contributed by atoms with E-state index in [2.05, 4.69) is 37.9 Å². The summed E-state index contributed by atoms with van der Waals surface area (Å²) in [5.74, 6) is 0. The number of aromatic nitrogens is 3. The van der Waals surface area contributed by atoms with Gasteiger partial charge in [-0.3, -0.25) is 9.88 Å². The molecule has 3 aromatic rings. The minimum Gasteiger partial charge on any atom is -0.314 e. The maximum atomic E-state index is 4.84. The Hall–Kier alpha value is -2.24. The van der Waals surface area contributed by atoms with E-state index in [1.54, 1.807) is 0 Å². The highest BCUT2D eigenvalue weighted by molar-refractivity contribution is 5.66. The van der Waals surface area contributed by atoms with Crippen LogP contribution in [0.2, 0.25) is 0 Å². The Bertz CT molecular complexity index is 759. The van der Waals surface area contributed by atoms with E-state index in [0.29, 0.717) is 0 Å². The Balaban J connectivity index is 1.79. The Kier molecular flexibility index (Phi) is 3.58. The molecule has 1 aliphatic rings. The van der Waals surface area contributed by atoms with Gasteiger partial charge in [0.25, 0.3) is 0 Å². The predicted molar refractivity (Wildman–Crippen MR) is 86.6 cm³/mol. The quantitative estimate of drug-likeness (QED) is 0.800. The molecule has 3 aromatic heterocycles. The van der Waals surface area contributed by atoms with Gasteiger partial charge in [-0.05, 0) is 24.3 Å². The molecule has 1 fully saturated rings. The first-order chi connectivity index (χ1) is 10.9. The number of nitrogens with zero attached hydrogens (tertiary/aromatic N) is 4. The molecule has 0 aromatic carbocycles. The van der Waals surface area contributed by atoms with E-state index in [0.717, 1.165) is 49.6 Å². The van der Waals surface area contributed by atoms with Crippen LogP contribution in [0.15, 0.2) is 48.9 Å². The van der Waals surface area contributed by atoms with Gasteiger partial charge >= 0.3 is 0 Å². The molecule has 0 aliphatic carbocycles. The van der Waals surface area contributed by atoms with E-state index in [1.165, 1.54) is 5.69 Å². The van der Waals surface area contributed by atoms with Crippen molar-refractivity contribution in [3.8, 4) is 11.3 Å². The van der Waals surface area contributed by atoms with Crippen LogP contribution in [0.5, 0.6) is 0 Å².